The fourth-order valence-corrected chi connectivity index (χ4v) is 2.21. The van der Waals surface area contributed by atoms with Gasteiger partial charge < -0.3 is 21.5 Å². The van der Waals surface area contributed by atoms with Crippen molar-refractivity contribution >= 4 is 22.7 Å². The maximum Gasteiger partial charge on any atom is 0.269 e. The average molecular weight is 332 g/mol. The number of aromatic hydroxyl groups is 1. The van der Waals surface area contributed by atoms with Gasteiger partial charge in [-0.3, -0.25) is 10.1 Å². The Hall–Kier alpha value is -2.96. The van der Waals surface area contributed by atoms with Crippen molar-refractivity contribution in [2.75, 3.05) is 29.5 Å². The first-order valence-electron chi connectivity index (χ1n) is 7.64. The number of aryl methyl sites for hydroxylation is 1. The van der Waals surface area contributed by atoms with Crippen LogP contribution in [0, 0.1) is 17.0 Å². The van der Waals surface area contributed by atoms with Crippen LogP contribution in [0.15, 0.2) is 36.4 Å². The molecule has 7 nitrogen and oxygen atoms in total. The molecule has 0 amide bonds. The molecule has 0 saturated carbocycles. The molecule has 0 fully saturated rings. The molecule has 0 atom stereocenters. The van der Waals surface area contributed by atoms with Crippen LogP contribution in [0.3, 0.4) is 0 Å². The van der Waals surface area contributed by atoms with Gasteiger partial charge in [0.15, 0.2) is 0 Å². The van der Waals surface area contributed by atoms with Gasteiger partial charge in [-0.05, 0) is 44.5 Å². The number of benzene rings is 2. The first-order valence-corrected chi connectivity index (χ1v) is 7.64. The number of nitrogens with two attached hydrogens (primary N) is 2. The van der Waals surface area contributed by atoms with Gasteiger partial charge >= 0.3 is 0 Å². The van der Waals surface area contributed by atoms with Crippen molar-refractivity contribution in [3.05, 3.63) is 52.1 Å². The number of nitro groups is 1. The quantitative estimate of drug-likeness (QED) is 0.342. The highest BCUT2D eigenvalue weighted by Gasteiger charge is 2.08. The third kappa shape index (κ3) is 5.05. The maximum absolute atomic E-state index is 10.1. The van der Waals surface area contributed by atoms with E-state index in [2.05, 4.69) is 18.7 Å². The molecule has 0 aliphatic rings. The fraction of sp³-hybridized carbons (Fsp3) is 0.294. The number of non-ortho nitro benzene ring substituents is 1. The maximum atomic E-state index is 10.1. The molecule has 24 heavy (non-hydrogen) atoms. The molecule has 2 rings (SSSR count). The summed E-state index contributed by atoms with van der Waals surface area (Å²) in [6.07, 6.45) is 0. The van der Waals surface area contributed by atoms with E-state index >= 15 is 0 Å². The van der Waals surface area contributed by atoms with Crippen molar-refractivity contribution in [3.8, 4) is 5.75 Å². The largest absolute Gasteiger partial charge is 0.506 e. The predicted octanol–water partition coefficient (Wildman–Crippen LogP) is 3.31. The molecule has 0 aromatic heterocycles. The van der Waals surface area contributed by atoms with Crippen LogP contribution >= 0.6 is 0 Å². The molecule has 2 aromatic carbocycles. The zero-order valence-electron chi connectivity index (χ0n) is 14.2. The number of hydrogen-bond donors (Lipinski definition) is 3. The highest BCUT2D eigenvalue weighted by Crippen LogP contribution is 2.30. The van der Waals surface area contributed by atoms with Crippen molar-refractivity contribution in [1.82, 2.24) is 0 Å². The number of nitrogen functional groups attached to an aromatic ring is 2. The van der Waals surface area contributed by atoms with Gasteiger partial charge in [-0.25, -0.2) is 0 Å². The molecule has 130 valence electrons. The van der Waals surface area contributed by atoms with Crippen LogP contribution in [0.2, 0.25) is 0 Å². The summed E-state index contributed by atoms with van der Waals surface area (Å²) in [5.74, 6) is 0.164. The van der Waals surface area contributed by atoms with Gasteiger partial charge in [-0.15, -0.1) is 0 Å². The lowest BCUT2D eigenvalue weighted by Crippen LogP contribution is -2.22. The smallest absolute Gasteiger partial charge is 0.269 e. The molecular weight excluding hydrogens is 308 g/mol. The minimum Gasteiger partial charge on any atom is -0.506 e. The highest BCUT2D eigenvalue weighted by atomic mass is 16.6. The summed E-state index contributed by atoms with van der Waals surface area (Å²) in [4.78, 5) is 11.8. The van der Waals surface area contributed by atoms with Crippen LogP contribution in [-0.2, 0) is 0 Å². The molecule has 5 N–H and O–H groups in total. The number of rotatable bonds is 4. The summed E-state index contributed by atoms with van der Waals surface area (Å²) < 4.78 is 0. The van der Waals surface area contributed by atoms with E-state index in [1.807, 2.05) is 13.0 Å². The Kier molecular flexibility index (Phi) is 6.85. The van der Waals surface area contributed by atoms with E-state index in [1.165, 1.54) is 24.3 Å². The second-order valence-corrected chi connectivity index (χ2v) is 5.22. The molecule has 0 spiro atoms. The average Bonchev–Trinajstić information content (AvgIpc) is 2.54. The van der Waals surface area contributed by atoms with Crippen LogP contribution in [0.25, 0.3) is 0 Å². The molecule has 0 aliphatic heterocycles. The van der Waals surface area contributed by atoms with E-state index in [0.29, 0.717) is 11.4 Å². The van der Waals surface area contributed by atoms with Crippen molar-refractivity contribution in [1.29, 1.82) is 0 Å². The fourth-order valence-electron chi connectivity index (χ4n) is 2.21. The molecule has 0 heterocycles. The zero-order valence-corrected chi connectivity index (χ0v) is 14.2. The van der Waals surface area contributed by atoms with E-state index in [4.69, 9.17) is 11.5 Å². The van der Waals surface area contributed by atoms with Crippen molar-refractivity contribution in [2.24, 2.45) is 0 Å². The van der Waals surface area contributed by atoms with Gasteiger partial charge in [0.25, 0.3) is 5.69 Å². The summed E-state index contributed by atoms with van der Waals surface area (Å²) in [7, 11) is 0. The van der Waals surface area contributed by atoms with Gasteiger partial charge in [0, 0.05) is 42.7 Å². The first-order chi connectivity index (χ1) is 11.3. The molecule has 0 bridgehead atoms. The van der Waals surface area contributed by atoms with Crippen molar-refractivity contribution < 1.29 is 10.0 Å². The lowest BCUT2D eigenvalue weighted by molar-refractivity contribution is -0.384. The summed E-state index contributed by atoms with van der Waals surface area (Å²) in [5.41, 5.74) is 14.1. The Morgan fingerprint density at radius 3 is 2.12 bits per heavy atom. The molecule has 2 aromatic rings. The van der Waals surface area contributed by atoms with Crippen LogP contribution < -0.4 is 16.4 Å². The van der Waals surface area contributed by atoms with Gasteiger partial charge in [-0.2, -0.15) is 0 Å². The standard InChI is InChI=1S/C11H18N2O.C6H6N2O2/c1-4-13(5-2)10-7-11(14)9(12)6-8(10)3;7-5-1-3-6(4-2-5)8(9)10/h6-7,14H,4-5,12H2,1-3H3;1-4H,7H2. The topological polar surface area (TPSA) is 119 Å². The monoisotopic (exact) mass is 332 g/mol. The third-order valence-electron chi connectivity index (χ3n) is 3.55. The summed E-state index contributed by atoms with van der Waals surface area (Å²) in [6, 6.07) is 9.28. The first kappa shape index (κ1) is 19.1. The van der Waals surface area contributed by atoms with Gasteiger partial charge in [-0.1, -0.05) is 0 Å². The van der Waals surface area contributed by atoms with Crippen LogP contribution in [-0.4, -0.2) is 23.1 Å². The summed E-state index contributed by atoms with van der Waals surface area (Å²) >= 11 is 0. The van der Waals surface area contributed by atoms with E-state index in [1.54, 1.807) is 6.07 Å². The van der Waals surface area contributed by atoms with Gasteiger partial charge in [0.1, 0.15) is 5.75 Å². The Labute approximate surface area is 141 Å². The van der Waals surface area contributed by atoms with E-state index in [-0.39, 0.29) is 11.4 Å². The van der Waals surface area contributed by atoms with Crippen molar-refractivity contribution in [2.45, 2.75) is 20.8 Å². The molecule has 0 unspecified atom stereocenters. The van der Waals surface area contributed by atoms with Crippen LogP contribution in [0.1, 0.15) is 19.4 Å². The highest BCUT2D eigenvalue weighted by molar-refractivity contribution is 5.66. The Morgan fingerprint density at radius 1 is 1.12 bits per heavy atom. The Bertz CT molecular complexity index is 683. The van der Waals surface area contributed by atoms with Gasteiger partial charge in [0.05, 0.1) is 10.6 Å². The number of nitro benzene ring substituents is 1. The predicted molar refractivity (Wildman–Crippen MR) is 98.3 cm³/mol. The lowest BCUT2D eigenvalue weighted by Gasteiger charge is -2.23. The molecular formula is C17H24N4O3. The molecule has 0 radical (unpaired) electrons. The molecule has 0 saturated heterocycles. The number of nitrogens with zero attached hydrogens (tertiary/aromatic N) is 2. The van der Waals surface area contributed by atoms with Crippen molar-refractivity contribution in [3.63, 3.8) is 0 Å². The van der Waals surface area contributed by atoms with Crippen LogP contribution in [0.5, 0.6) is 5.75 Å². The Morgan fingerprint density at radius 2 is 1.67 bits per heavy atom. The molecule has 7 heteroatoms. The van der Waals surface area contributed by atoms with E-state index in [9.17, 15) is 15.2 Å². The van der Waals surface area contributed by atoms with Gasteiger partial charge in [0.2, 0.25) is 0 Å². The number of phenolic OH excluding ortho intramolecular Hbond substituents is 1. The molecule has 0 aliphatic carbocycles. The normalized spacial score (nSPS) is 9.79. The second-order valence-electron chi connectivity index (χ2n) is 5.22. The van der Waals surface area contributed by atoms with E-state index in [0.717, 1.165) is 24.3 Å². The summed E-state index contributed by atoms with van der Waals surface area (Å²) in [5, 5.41) is 19.6. The minimum absolute atomic E-state index is 0.0641. The summed E-state index contributed by atoms with van der Waals surface area (Å²) in [6.45, 7) is 8.05. The van der Waals surface area contributed by atoms with E-state index < -0.39 is 4.92 Å². The Balaban J connectivity index is 0.000000254. The number of anilines is 3. The number of hydrogen-bond acceptors (Lipinski definition) is 6. The SMILES string of the molecule is CCN(CC)c1cc(O)c(N)cc1C.Nc1ccc([N+](=O)[O-])cc1. The third-order valence-corrected chi connectivity index (χ3v) is 3.55. The second kappa shape index (κ2) is 8.61. The number of phenols is 1. The lowest BCUT2D eigenvalue weighted by atomic mass is 10.1. The minimum atomic E-state index is -0.459. The van der Waals surface area contributed by atoms with Crippen LogP contribution in [0.4, 0.5) is 22.7 Å². The zero-order chi connectivity index (χ0) is 18.3.